The standard InChI is InChI=1S/C19H11BrN5/c20-11-9-16(18-22-12-5-1-2-6-13(12)23-18)21-17(10-11)19-24-14-7-3-4-8-15(14)25-19/h1-3,5-10H,(H,22,23)(H,24,25)/q+1. The minimum Gasteiger partial charge on any atom is -0.337 e. The number of pyridine rings is 1. The van der Waals surface area contributed by atoms with E-state index in [0.29, 0.717) is 5.82 Å². The molecule has 6 heteroatoms. The van der Waals surface area contributed by atoms with Crippen molar-refractivity contribution in [2.24, 2.45) is 0 Å². The van der Waals surface area contributed by atoms with Crippen LogP contribution in [-0.4, -0.2) is 24.9 Å². The zero-order valence-corrected chi connectivity index (χ0v) is 14.5. The lowest BCUT2D eigenvalue weighted by Crippen LogP contribution is -1.92. The molecule has 0 amide bonds. The Labute approximate surface area is 151 Å². The molecule has 1 aromatic carbocycles. The molecule has 0 saturated heterocycles. The Hall–Kier alpha value is -3.08. The minimum absolute atomic E-state index is 0.716. The molecule has 0 saturated carbocycles. The van der Waals surface area contributed by atoms with Gasteiger partial charge in [0.25, 0.3) is 0 Å². The van der Waals surface area contributed by atoms with Crippen LogP contribution in [0.15, 0.2) is 46.9 Å². The van der Waals surface area contributed by atoms with Gasteiger partial charge in [-0.2, -0.15) is 4.98 Å². The molecule has 0 spiro atoms. The SMILES string of the molecule is Brc1cc(-c2nc3c([nH]2)C=C[C+]=C3)nc(-c2nc3ccccc3[nH]2)c1. The first kappa shape index (κ1) is 14.3. The van der Waals surface area contributed by atoms with Crippen LogP contribution < -0.4 is 0 Å². The number of rotatable bonds is 2. The quantitative estimate of drug-likeness (QED) is 0.492. The highest BCUT2D eigenvalue weighted by Gasteiger charge is 2.18. The van der Waals surface area contributed by atoms with Crippen LogP contribution in [-0.2, 0) is 0 Å². The summed E-state index contributed by atoms with van der Waals surface area (Å²) < 4.78 is 0.917. The highest BCUT2D eigenvalue weighted by molar-refractivity contribution is 9.10. The average molecular weight is 389 g/mol. The molecule has 1 aliphatic rings. The molecule has 3 heterocycles. The summed E-state index contributed by atoms with van der Waals surface area (Å²) in [5.41, 5.74) is 5.24. The fraction of sp³-hybridized carbons (Fsp3) is 0. The Morgan fingerprint density at radius 1 is 0.920 bits per heavy atom. The van der Waals surface area contributed by atoms with Gasteiger partial charge >= 0.3 is 0 Å². The Morgan fingerprint density at radius 2 is 1.72 bits per heavy atom. The van der Waals surface area contributed by atoms with Crippen molar-refractivity contribution in [2.45, 2.75) is 0 Å². The van der Waals surface area contributed by atoms with Crippen LogP contribution in [0.3, 0.4) is 0 Å². The number of fused-ring (bicyclic) bond motifs is 2. The van der Waals surface area contributed by atoms with E-state index in [-0.39, 0.29) is 0 Å². The Kier molecular flexibility index (Phi) is 3.13. The lowest BCUT2D eigenvalue weighted by atomic mass is 10.2. The highest BCUT2D eigenvalue weighted by Crippen LogP contribution is 2.27. The second-order valence-corrected chi connectivity index (χ2v) is 6.60. The summed E-state index contributed by atoms with van der Waals surface area (Å²) in [5.74, 6) is 1.45. The Morgan fingerprint density at radius 3 is 2.52 bits per heavy atom. The van der Waals surface area contributed by atoms with Gasteiger partial charge in [0.05, 0.1) is 17.1 Å². The number of para-hydroxylation sites is 2. The molecule has 118 valence electrons. The van der Waals surface area contributed by atoms with Crippen LogP contribution in [0.25, 0.3) is 46.2 Å². The smallest absolute Gasteiger partial charge is 0.203 e. The fourth-order valence-corrected chi connectivity index (χ4v) is 3.26. The summed E-state index contributed by atoms with van der Waals surface area (Å²) >= 11 is 3.57. The molecule has 3 aromatic heterocycles. The minimum atomic E-state index is 0.716. The number of allylic oxidation sites excluding steroid dienone is 2. The molecule has 5 rings (SSSR count). The van der Waals surface area contributed by atoms with E-state index < -0.39 is 0 Å². The van der Waals surface area contributed by atoms with Crippen molar-refractivity contribution < 1.29 is 0 Å². The van der Waals surface area contributed by atoms with E-state index >= 15 is 0 Å². The van der Waals surface area contributed by atoms with Crippen LogP contribution in [0.2, 0.25) is 0 Å². The summed E-state index contributed by atoms with van der Waals surface area (Å²) in [4.78, 5) is 20.6. The third kappa shape index (κ3) is 2.48. The largest absolute Gasteiger partial charge is 0.337 e. The van der Waals surface area contributed by atoms with E-state index in [1.54, 1.807) is 0 Å². The number of aromatic amines is 2. The summed E-state index contributed by atoms with van der Waals surface area (Å²) in [6.45, 7) is 0. The number of hydrogen-bond acceptors (Lipinski definition) is 3. The molecule has 0 fully saturated rings. The molecule has 5 nitrogen and oxygen atoms in total. The monoisotopic (exact) mass is 388 g/mol. The summed E-state index contributed by atoms with van der Waals surface area (Å²) in [6, 6.07) is 11.8. The van der Waals surface area contributed by atoms with Gasteiger partial charge in [0.15, 0.2) is 17.3 Å². The molecule has 0 radical (unpaired) electrons. The number of H-pyrrole nitrogens is 2. The lowest BCUT2D eigenvalue weighted by molar-refractivity contribution is 1.19. The summed E-state index contributed by atoms with van der Waals surface area (Å²) in [7, 11) is 0. The zero-order valence-electron chi connectivity index (χ0n) is 12.9. The number of aromatic nitrogens is 5. The van der Waals surface area contributed by atoms with Crippen LogP contribution in [0.5, 0.6) is 0 Å². The van der Waals surface area contributed by atoms with Gasteiger partial charge in [0.1, 0.15) is 23.5 Å². The third-order valence-corrected chi connectivity index (χ3v) is 4.45. The molecule has 2 N–H and O–H groups in total. The maximum Gasteiger partial charge on any atom is 0.203 e. The predicted molar refractivity (Wildman–Crippen MR) is 101 cm³/mol. The zero-order chi connectivity index (χ0) is 16.8. The number of nitrogens with one attached hydrogen (secondary N) is 2. The molecule has 4 aromatic rings. The average Bonchev–Trinajstić information content (AvgIpc) is 3.25. The van der Waals surface area contributed by atoms with Crippen LogP contribution in [0, 0.1) is 6.08 Å². The van der Waals surface area contributed by atoms with E-state index in [1.807, 2.05) is 54.6 Å². The number of hydrogen-bond donors (Lipinski definition) is 2. The van der Waals surface area contributed by atoms with Crippen molar-refractivity contribution >= 4 is 39.1 Å². The normalized spacial score (nSPS) is 12.4. The Balaban J connectivity index is 1.64. The van der Waals surface area contributed by atoms with Crippen molar-refractivity contribution in [1.29, 1.82) is 0 Å². The molecule has 0 atom stereocenters. The lowest BCUT2D eigenvalue weighted by Gasteiger charge is -2.01. The number of nitrogens with zero attached hydrogens (tertiary/aromatic N) is 3. The highest BCUT2D eigenvalue weighted by atomic mass is 79.9. The maximum absolute atomic E-state index is 4.74. The first-order valence-corrected chi connectivity index (χ1v) is 8.54. The summed E-state index contributed by atoms with van der Waals surface area (Å²) in [6.07, 6.45) is 8.70. The van der Waals surface area contributed by atoms with Gasteiger partial charge < -0.3 is 9.97 Å². The van der Waals surface area contributed by atoms with E-state index in [9.17, 15) is 0 Å². The van der Waals surface area contributed by atoms with Gasteiger partial charge in [-0.05, 0) is 24.3 Å². The van der Waals surface area contributed by atoms with E-state index in [4.69, 9.17) is 4.98 Å². The number of halogens is 1. The van der Waals surface area contributed by atoms with Gasteiger partial charge in [-0.3, -0.25) is 0 Å². The van der Waals surface area contributed by atoms with Gasteiger partial charge in [-0.15, -0.1) is 0 Å². The van der Waals surface area contributed by atoms with Gasteiger partial charge in [0.2, 0.25) is 5.69 Å². The fourth-order valence-electron chi connectivity index (χ4n) is 2.83. The van der Waals surface area contributed by atoms with Crippen molar-refractivity contribution in [3.8, 4) is 23.0 Å². The van der Waals surface area contributed by atoms with Crippen LogP contribution in [0.1, 0.15) is 11.4 Å². The van der Waals surface area contributed by atoms with Crippen LogP contribution >= 0.6 is 15.9 Å². The second-order valence-electron chi connectivity index (χ2n) is 5.69. The molecule has 0 bridgehead atoms. The van der Waals surface area contributed by atoms with E-state index in [0.717, 1.165) is 44.1 Å². The molecule has 0 aliphatic heterocycles. The van der Waals surface area contributed by atoms with Gasteiger partial charge in [-0.25, -0.2) is 9.97 Å². The second kappa shape index (κ2) is 5.48. The first-order chi connectivity index (χ1) is 12.3. The van der Waals surface area contributed by atoms with E-state index in [1.165, 1.54) is 0 Å². The molecular weight excluding hydrogens is 378 g/mol. The topological polar surface area (TPSA) is 70.2 Å². The Bertz CT molecular complexity index is 1100. The van der Waals surface area contributed by atoms with Crippen molar-refractivity contribution in [1.82, 2.24) is 24.9 Å². The number of imidazole rings is 2. The van der Waals surface area contributed by atoms with Crippen molar-refractivity contribution in [3.63, 3.8) is 0 Å². The molecule has 0 unspecified atom stereocenters. The molecule has 1 aliphatic carbocycles. The first-order valence-electron chi connectivity index (χ1n) is 7.75. The summed E-state index contributed by atoms with van der Waals surface area (Å²) in [5, 5.41) is 0. The van der Waals surface area contributed by atoms with Crippen molar-refractivity contribution in [3.05, 3.63) is 64.4 Å². The van der Waals surface area contributed by atoms with Crippen LogP contribution in [0.4, 0.5) is 0 Å². The maximum atomic E-state index is 4.74. The van der Waals surface area contributed by atoms with E-state index in [2.05, 4.69) is 41.9 Å². The van der Waals surface area contributed by atoms with Gasteiger partial charge in [-0.1, -0.05) is 28.1 Å². The molecule has 25 heavy (non-hydrogen) atoms. The third-order valence-electron chi connectivity index (χ3n) is 3.99. The number of benzene rings is 1. The predicted octanol–water partition coefficient (Wildman–Crippen LogP) is 4.62. The van der Waals surface area contributed by atoms with Gasteiger partial charge in [0, 0.05) is 10.5 Å². The molecular formula is C19H11BrN5+. The van der Waals surface area contributed by atoms with Crippen molar-refractivity contribution in [2.75, 3.05) is 0 Å².